The predicted molar refractivity (Wildman–Crippen MR) is 67.3 cm³/mol. The van der Waals surface area contributed by atoms with Gasteiger partial charge in [0.15, 0.2) is 0 Å². The third kappa shape index (κ3) is 3.45. The number of nitrogens with one attached hydrogen (secondary N) is 1. The molecule has 0 bridgehead atoms. The topological polar surface area (TPSA) is 63.8 Å². The Hall–Kier alpha value is -1.16. The maximum absolute atomic E-state index is 5.64. The van der Waals surface area contributed by atoms with Crippen LogP contribution in [0.2, 0.25) is 0 Å². The summed E-state index contributed by atoms with van der Waals surface area (Å²) in [5.74, 6) is 0.857. The number of hydrogen-bond donors (Lipinski definition) is 2. The summed E-state index contributed by atoms with van der Waals surface area (Å²) >= 11 is 0. The molecule has 1 unspecified atom stereocenters. The molecule has 4 nitrogen and oxygen atoms in total. The van der Waals surface area contributed by atoms with Crippen molar-refractivity contribution >= 4 is 5.82 Å². The smallest absolute Gasteiger partial charge is 0.147 e. The second kappa shape index (κ2) is 5.25. The summed E-state index contributed by atoms with van der Waals surface area (Å²) in [5, 5.41) is 3.43. The average Bonchev–Trinajstić information content (AvgIpc) is 2.19. The SMILES string of the molecule is Cc1nccnc1NC(CCN)C(C)(C)C. The van der Waals surface area contributed by atoms with Crippen LogP contribution in [0.15, 0.2) is 12.4 Å². The first-order valence-corrected chi connectivity index (χ1v) is 5.69. The highest BCUT2D eigenvalue weighted by atomic mass is 15.0. The zero-order chi connectivity index (χ0) is 12.2. The van der Waals surface area contributed by atoms with Gasteiger partial charge >= 0.3 is 0 Å². The summed E-state index contributed by atoms with van der Waals surface area (Å²) in [6.07, 6.45) is 4.34. The molecule has 0 aromatic carbocycles. The molecule has 0 fully saturated rings. The van der Waals surface area contributed by atoms with Crippen LogP contribution in [-0.2, 0) is 0 Å². The molecule has 3 N–H and O–H groups in total. The van der Waals surface area contributed by atoms with Gasteiger partial charge in [0.25, 0.3) is 0 Å². The van der Waals surface area contributed by atoms with Gasteiger partial charge < -0.3 is 11.1 Å². The summed E-state index contributed by atoms with van der Waals surface area (Å²) in [7, 11) is 0. The fourth-order valence-corrected chi connectivity index (χ4v) is 1.60. The maximum atomic E-state index is 5.64. The highest BCUT2D eigenvalue weighted by molar-refractivity contribution is 5.39. The van der Waals surface area contributed by atoms with Crippen molar-refractivity contribution in [2.45, 2.75) is 40.2 Å². The van der Waals surface area contributed by atoms with Crippen molar-refractivity contribution in [3.05, 3.63) is 18.1 Å². The van der Waals surface area contributed by atoms with Gasteiger partial charge in [-0.3, -0.25) is 4.98 Å². The van der Waals surface area contributed by atoms with Crippen LogP contribution >= 0.6 is 0 Å². The van der Waals surface area contributed by atoms with Crippen LogP contribution in [-0.4, -0.2) is 22.6 Å². The van der Waals surface area contributed by atoms with Crippen molar-refractivity contribution in [3.8, 4) is 0 Å². The fraction of sp³-hybridized carbons (Fsp3) is 0.667. The Bertz CT molecular complexity index is 330. The first kappa shape index (κ1) is 12.9. The lowest BCUT2D eigenvalue weighted by atomic mass is 9.84. The number of nitrogens with zero attached hydrogens (tertiary/aromatic N) is 2. The van der Waals surface area contributed by atoms with E-state index >= 15 is 0 Å². The van der Waals surface area contributed by atoms with Gasteiger partial charge in [-0.2, -0.15) is 0 Å². The minimum absolute atomic E-state index is 0.156. The van der Waals surface area contributed by atoms with Gasteiger partial charge in [0, 0.05) is 18.4 Å². The monoisotopic (exact) mass is 222 g/mol. The predicted octanol–water partition coefficient (Wildman–Crippen LogP) is 1.96. The number of aryl methyl sites for hydroxylation is 1. The molecule has 0 aliphatic carbocycles. The van der Waals surface area contributed by atoms with Crippen molar-refractivity contribution in [1.82, 2.24) is 9.97 Å². The van der Waals surface area contributed by atoms with Crippen molar-refractivity contribution in [3.63, 3.8) is 0 Å². The van der Waals surface area contributed by atoms with Gasteiger partial charge in [0.1, 0.15) is 5.82 Å². The molecule has 16 heavy (non-hydrogen) atoms. The second-order valence-electron chi connectivity index (χ2n) is 5.13. The van der Waals surface area contributed by atoms with Gasteiger partial charge in [-0.05, 0) is 25.3 Å². The van der Waals surface area contributed by atoms with Crippen LogP contribution in [0.1, 0.15) is 32.9 Å². The molecule has 0 spiro atoms. The summed E-state index contributed by atoms with van der Waals surface area (Å²) < 4.78 is 0. The van der Waals surface area contributed by atoms with Gasteiger partial charge in [-0.15, -0.1) is 0 Å². The van der Waals surface area contributed by atoms with Crippen molar-refractivity contribution < 1.29 is 0 Å². The minimum atomic E-state index is 0.156. The molecule has 0 amide bonds. The average molecular weight is 222 g/mol. The third-order valence-corrected chi connectivity index (χ3v) is 2.69. The van der Waals surface area contributed by atoms with E-state index < -0.39 is 0 Å². The highest BCUT2D eigenvalue weighted by Crippen LogP contribution is 2.25. The van der Waals surface area contributed by atoms with Gasteiger partial charge in [-0.1, -0.05) is 20.8 Å². The Morgan fingerprint density at radius 2 is 1.94 bits per heavy atom. The summed E-state index contributed by atoms with van der Waals surface area (Å²) in [4.78, 5) is 8.52. The van der Waals surface area contributed by atoms with E-state index in [9.17, 15) is 0 Å². The Kier molecular flexibility index (Phi) is 4.24. The lowest BCUT2D eigenvalue weighted by molar-refractivity contribution is 0.328. The standard InChI is InChI=1S/C12H22N4/c1-9-11(15-8-7-14-9)16-10(5-6-13)12(2,3)4/h7-8,10H,5-6,13H2,1-4H3,(H,15,16). The second-order valence-corrected chi connectivity index (χ2v) is 5.13. The van der Waals surface area contributed by atoms with Crippen molar-refractivity contribution in [2.24, 2.45) is 11.1 Å². The Morgan fingerprint density at radius 3 is 2.44 bits per heavy atom. The van der Waals surface area contributed by atoms with Crippen molar-refractivity contribution in [2.75, 3.05) is 11.9 Å². The van der Waals surface area contributed by atoms with E-state index in [2.05, 4.69) is 36.1 Å². The van der Waals surface area contributed by atoms with Crippen LogP contribution in [0.25, 0.3) is 0 Å². The fourth-order valence-electron chi connectivity index (χ4n) is 1.60. The molecule has 1 atom stereocenters. The van der Waals surface area contributed by atoms with E-state index in [4.69, 9.17) is 5.73 Å². The summed E-state index contributed by atoms with van der Waals surface area (Å²) in [6.45, 7) is 9.23. The van der Waals surface area contributed by atoms with Gasteiger partial charge in [0.05, 0.1) is 5.69 Å². The molecule has 0 aliphatic heterocycles. The normalized spacial score (nSPS) is 13.6. The number of nitrogens with two attached hydrogens (primary N) is 1. The molecule has 1 heterocycles. The molecule has 0 aliphatic rings. The Morgan fingerprint density at radius 1 is 1.31 bits per heavy atom. The van der Waals surface area contributed by atoms with Crippen molar-refractivity contribution in [1.29, 1.82) is 0 Å². The van der Waals surface area contributed by atoms with E-state index in [1.165, 1.54) is 0 Å². The first-order chi connectivity index (χ1) is 7.45. The molecule has 1 rings (SSSR count). The third-order valence-electron chi connectivity index (χ3n) is 2.69. The van der Waals surface area contributed by atoms with E-state index in [0.29, 0.717) is 12.6 Å². The molecule has 90 valence electrons. The van der Waals surface area contributed by atoms with E-state index in [0.717, 1.165) is 17.9 Å². The van der Waals surface area contributed by atoms with Crippen LogP contribution in [0.3, 0.4) is 0 Å². The number of rotatable bonds is 4. The molecule has 0 saturated carbocycles. The lowest BCUT2D eigenvalue weighted by Gasteiger charge is -2.32. The number of hydrogen-bond acceptors (Lipinski definition) is 4. The van der Waals surface area contributed by atoms with Gasteiger partial charge in [-0.25, -0.2) is 4.98 Å². The Balaban J connectivity index is 2.80. The van der Waals surface area contributed by atoms with Crippen LogP contribution < -0.4 is 11.1 Å². The molecular formula is C12H22N4. The highest BCUT2D eigenvalue weighted by Gasteiger charge is 2.24. The zero-order valence-corrected chi connectivity index (χ0v) is 10.6. The minimum Gasteiger partial charge on any atom is -0.365 e. The molecule has 4 heteroatoms. The van der Waals surface area contributed by atoms with E-state index in [1.54, 1.807) is 12.4 Å². The molecule has 1 aromatic heterocycles. The first-order valence-electron chi connectivity index (χ1n) is 5.69. The maximum Gasteiger partial charge on any atom is 0.147 e. The van der Waals surface area contributed by atoms with E-state index in [-0.39, 0.29) is 5.41 Å². The van der Waals surface area contributed by atoms with Gasteiger partial charge in [0.2, 0.25) is 0 Å². The van der Waals surface area contributed by atoms with E-state index in [1.807, 2.05) is 6.92 Å². The van der Waals surface area contributed by atoms with Crippen LogP contribution in [0, 0.1) is 12.3 Å². The lowest BCUT2D eigenvalue weighted by Crippen LogP contribution is -2.36. The summed E-state index contributed by atoms with van der Waals surface area (Å²) in [6, 6.07) is 0.313. The molecular weight excluding hydrogens is 200 g/mol. The van der Waals surface area contributed by atoms with Crippen LogP contribution in [0.5, 0.6) is 0 Å². The molecule has 1 aromatic rings. The largest absolute Gasteiger partial charge is 0.365 e. The van der Waals surface area contributed by atoms with Crippen LogP contribution in [0.4, 0.5) is 5.82 Å². The quantitative estimate of drug-likeness (QED) is 0.817. The summed E-state index contributed by atoms with van der Waals surface area (Å²) in [5.41, 5.74) is 6.72. The molecule has 0 saturated heterocycles. The zero-order valence-electron chi connectivity index (χ0n) is 10.6. The molecule has 0 radical (unpaired) electrons. The number of anilines is 1. The number of aromatic nitrogens is 2. The Labute approximate surface area is 97.7 Å².